The van der Waals surface area contributed by atoms with Gasteiger partial charge in [-0.05, 0) is 80.0 Å². The first-order chi connectivity index (χ1) is 15.2. The van der Waals surface area contributed by atoms with Gasteiger partial charge in [0.05, 0.1) is 16.9 Å². The van der Waals surface area contributed by atoms with Gasteiger partial charge in [0.2, 0.25) is 5.78 Å². The topological polar surface area (TPSA) is 71.3 Å². The van der Waals surface area contributed by atoms with Crippen LogP contribution in [0.15, 0.2) is 24.3 Å². The fourth-order valence-corrected chi connectivity index (χ4v) is 6.70. The number of hydrogen-bond donors (Lipinski definition) is 2. The number of aryl methyl sites for hydroxylation is 1. The van der Waals surface area contributed by atoms with Crippen LogP contribution in [0.5, 0.6) is 0 Å². The molecule has 2 atom stereocenters. The van der Waals surface area contributed by atoms with Crippen LogP contribution in [0.1, 0.15) is 71.1 Å². The Morgan fingerprint density at radius 1 is 1.16 bits per heavy atom. The molecule has 0 radical (unpaired) electrons. The van der Waals surface area contributed by atoms with Gasteiger partial charge in [0, 0.05) is 19.2 Å². The zero-order valence-electron chi connectivity index (χ0n) is 18.3. The number of benzene rings is 1. The van der Waals surface area contributed by atoms with Crippen LogP contribution in [-0.2, 0) is 13.5 Å². The van der Waals surface area contributed by atoms with E-state index in [2.05, 4.69) is 5.32 Å². The van der Waals surface area contributed by atoms with Crippen molar-refractivity contribution in [3.63, 3.8) is 0 Å². The summed E-state index contributed by atoms with van der Waals surface area (Å²) in [7, 11) is 1.63. The van der Waals surface area contributed by atoms with Crippen molar-refractivity contribution in [3.05, 3.63) is 58.4 Å². The van der Waals surface area contributed by atoms with Gasteiger partial charge in [-0.3, -0.25) is 9.59 Å². The number of carbonyl (C=O) groups is 2. The van der Waals surface area contributed by atoms with E-state index in [1.807, 2.05) is 6.92 Å². The van der Waals surface area contributed by atoms with E-state index >= 15 is 0 Å². The molecule has 0 spiro atoms. The maximum Gasteiger partial charge on any atom is 0.268 e. The largest absolute Gasteiger partial charge is 0.390 e. The summed E-state index contributed by atoms with van der Waals surface area (Å²) in [5.74, 6) is -1.41. The summed E-state index contributed by atoms with van der Waals surface area (Å²) < 4.78 is 29.0. The number of amides is 1. The van der Waals surface area contributed by atoms with E-state index in [0.29, 0.717) is 29.7 Å². The van der Waals surface area contributed by atoms with Gasteiger partial charge < -0.3 is 15.0 Å². The van der Waals surface area contributed by atoms with E-state index in [1.165, 1.54) is 4.57 Å². The van der Waals surface area contributed by atoms with Crippen molar-refractivity contribution in [3.8, 4) is 0 Å². The molecule has 1 amide bonds. The van der Waals surface area contributed by atoms with Crippen molar-refractivity contribution < 1.29 is 23.5 Å². The number of rotatable bonds is 5. The molecule has 0 saturated heterocycles. The third-order valence-electron chi connectivity index (χ3n) is 7.85. The minimum atomic E-state index is -0.924. The predicted octanol–water partition coefficient (Wildman–Crippen LogP) is 3.77. The highest BCUT2D eigenvalue weighted by atomic mass is 19.1. The van der Waals surface area contributed by atoms with Crippen molar-refractivity contribution >= 4 is 11.7 Å². The Labute approximate surface area is 185 Å². The van der Waals surface area contributed by atoms with Gasteiger partial charge in [0.15, 0.2) is 0 Å². The van der Waals surface area contributed by atoms with Gasteiger partial charge in [0.1, 0.15) is 17.3 Å². The molecule has 2 N–H and O–H groups in total. The summed E-state index contributed by atoms with van der Waals surface area (Å²) in [4.78, 5) is 26.4. The molecule has 5 nitrogen and oxygen atoms in total. The molecule has 6 rings (SSSR count). The van der Waals surface area contributed by atoms with Crippen molar-refractivity contribution in [2.24, 2.45) is 24.8 Å². The van der Waals surface area contributed by atoms with Gasteiger partial charge in [-0.1, -0.05) is 6.92 Å². The van der Waals surface area contributed by atoms with Crippen LogP contribution >= 0.6 is 0 Å². The molecule has 1 heterocycles. The minimum absolute atomic E-state index is 0.0209. The smallest absolute Gasteiger partial charge is 0.268 e. The van der Waals surface area contributed by atoms with Crippen molar-refractivity contribution in [1.29, 1.82) is 0 Å². The van der Waals surface area contributed by atoms with Crippen LogP contribution in [0.4, 0.5) is 8.78 Å². The summed E-state index contributed by atoms with van der Waals surface area (Å²) in [6.45, 7) is 1.90. The molecule has 2 unspecified atom stereocenters. The lowest BCUT2D eigenvalue weighted by Gasteiger charge is -2.58. The molecule has 4 aliphatic rings. The summed E-state index contributed by atoms with van der Waals surface area (Å²) in [6, 6.07) is 4.51. The summed E-state index contributed by atoms with van der Waals surface area (Å²) in [6.07, 6.45) is 4.94. The van der Waals surface area contributed by atoms with Crippen LogP contribution in [0.25, 0.3) is 0 Å². The molecule has 0 aliphatic heterocycles. The van der Waals surface area contributed by atoms with Gasteiger partial charge in [-0.15, -0.1) is 0 Å². The van der Waals surface area contributed by atoms with E-state index < -0.39 is 23.0 Å². The van der Waals surface area contributed by atoms with E-state index in [-0.39, 0.29) is 35.0 Å². The zero-order valence-corrected chi connectivity index (χ0v) is 18.3. The highest BCUT2D eigenvalue weighted by Gasteiger charge is 2.55. The van der Waals surface area contributed by atoms with Crippen LogP contribution < -0.4 is 5.32 Å². The normalized spacial score (nSPS) is 30.5. The highest BCUT2D eigenvalue weighted by molar-refractivity contribution is 6.09. The van der Waals surface area contributed by atoms with E-state index in [1.54, 1.807) is 13.1 Å². The van der Waals surface area contributed by atoms with Gasteiger partial charge in [0.25, 0.3) is 5.91 Å². The number of ketones is 1. The molecule has 4 saturated carbocycles. The lowest BCUT2D eigenvalue weighted by Crippen LogP contribution is -2.61. The first kappa shape index (κ1) is 21.3. The summed E-state index contributed by atoms with van der Waals surface area (Å²) in [5.41, 5.74) is 0.493. The fraction of sp³-hybridized carbons (Fsp3) is 0.520. The second-order valence-electron chi connectivity index (χ2n) is 9.96. The Bertz CT molecular complexity index is 1090. The van der Waals surface area contributed by atoms with E-state index in [0.717, 1.165) is 44.2 Å². The lowest BCUT2D eigenvalue weighted by atomic mass is 9.52. The molecule has 4 fully saturated rings. The third-order valence-corrected chi connectivity index (χ3v) is 7.85. The quantitative estimate of drug-likeness (QED) is 0.693. The molecule has 1 aromatic carbocycles. The van der Waals surface area contributed by atoms with Crippen LogP contribution in [0.2, 0.25) is 0 Å². The van der Waals surface area contributed by atoms with Gasteiger partial charge in [-0.2, -0.15) is 0 Å². The molecular formula is C25H28F2N2O3. The number of hydrogen-bond acceptors (Lipinski definition) is 3. The number of halogens is 2. The predicted molar refractivity (Wildman–Crippen MR) is 114 cm³/mol. The molecule has 4 bridgehead atoms. The maximum absolute atomic E-state index is 14.2. The Balaban J connectivity index is 1.42. The number of aliphatic hydroxyl groups is 1. The Hall–Kier alpha value is -2.54. The van der Waals surface area contributed by atoms with Gasteiger partial charge in [-0.25, -0.2) is 8.78 Å². The van der Waals surface area contributed by atoms with Crippen LogP contribution in [0.3, 0.4) is 0 Å². The first-order valence-electron chi connectivity index (χ1n) is 11.4. The number of aromatic nitrogens is 1. The zero-order chi connectivity index (χ0) is 22.8. The van der Waals surface area contributed by atoms with Crippen molar-refractivity contribution in [2.45, 2.75) is 57.1 Å². The Morgan fingerprint density at radius 2 is 1.84 bits per heavy atom. The molecule has 7 heteroatoms. The average Bonchev–Trinajstić information content (AvgIpc) is 3.05. The minimum Gasteiger partial charge on any atom is -0.390 e. The third kappa shape index (κ3) is 3.38. The SMILES string of the molecule is CCc1cc(C(=O)c2ccc(F)cc2F)n(C)c1C(=O)NC1C2CC3CC1CC(O)(C3)C2. The van der Waals surface area contributed by atoms with E-state index in [9.17, 15) is 23.5 Å². The van der Waals surface area contributed by atoms with Crippen LogP contribution in [0, 0.1) is 29.4 Å². The first-order valence-corrected chi connectivity index (χ1v) is 11.4. The number of nitrogens with zero attached hydrogens (tertiary/aromatic N) is 1. The van der Waals surface area contributed by atoms with Gasteiger partial charge >= 0.3 is 0 Å². The molecule has 32 heavy (non-hydrogen) atoms. The second-order valence-corrected chi connectivity index (χ2v) is 9.96. The molecule has 2 aromatic rings. The molecule has 170 valence electrons. The average molecular weight is 443 g/mol. The number of carbonyl (C=O) groups excluding carboxylic acids is 2. The van der Waals surface area contributed by atoms with E-state index in [4.69, 9.17) is 0 Å². The highest BCUT2D eigenvalue weighted by Crippen LogP contribution is 2.55. The lowest BCUT2D eigenvalue weighted by molar-refractivity contribution is -0.137. The molecular weight excluding hydrogens is 414 g/mol. The van der Waals surface area contributed by atoms with Crippen molar-refractivity contribution in [1.82, 2.24) is 9.88 Å². The summed E-state index contributed by atoms with van der Waals surface area (Å²) >= 11 is 0. The fourth-order valence-electron chi connectivity index (χ4n) is 6.70. The maximum atomic E-state index is 14.2. The standard InChI is InChI=1S/C25H28F2N2O3/c1-3-14-8-20(23(30)18-5-4-17(26)9-19(18)27)29(2)22(14)24(31)28-21-15-6-13-7-16(21)12-25(32,10-13)11-15/h4-5,8-9,13,15-16,21,32H,3,6-7,10-12H2,1-2H3,(H,28,31). The van der Waals surface area contributed by atoms with Crippen molar-refractivity contribution in [2.75, 3.05) is 0 Å². The second kappa shape index (κ2) is 7.51. The Morgan fingerprint density at radius 3 is 2.44 bits per heavy atom. The van der Waals surface area contributed by atoms with Crippen LogP contribution in [-0.4, -0.2) is 33.0 Å². The summed E-state index contributed by atoms with van der Waals surface area (Å²) in [5, 5.41) is 14.0. The Kier molecular flexibility index (Phi) is 5.00. The monoisotopic (exact) mass is 442 g/mol. The molecule has 1 aromatic heterocycles. The number of nitrogens with one attached hydrogen (secondary N) is 1. The molecule has 4 aliphatic carbocycles.